The maximum atomic E-state index is 12.0. The van der Waals surface area contributed by atoms with E-state index in [9.17, 15) is 8.42 Å². The van der Waals surface area contributed by atoms with Gasteiger partial charge in [-0.1, -0.05) is 11.8 Å². The van der Waals surface area contributed by atoms with Crippen molar-refractivity contribution in [2.45, 2.75) is 11.3 Å². The summed E-state index contributed by atoms with van der Waals surface area (Å²) >= 11 is 0. The molecule has 0 radical (unpaired) electrons. The first kappa shape index (κ1) is 16.6. The summed E-state index contributed by atoms with van der Waals surface area (Å²) < 4.78 is 26.6. The first-order valence-corrected chi connectivity index (χ1v) is 7.63. The van der Waals surface area contributed by atoms with E-state index in [4.69, 9.17) is 5.11 Å². The number of aliphatic hydroxyl groups is 1. The highest BCUT2D eigenvalue weighted by molar-refractivity contribution is 7.89. The Morgan fingerprint density at radius 1 is 1.40 bits per heavy atom. The molecule has 0 aromatic carbocycles. The summed E-state index contributed by atoms with van der Waals surface area (Å²) in [5.74, 6) is 5.49. The molecule has 1 aromatic rings. The number of rotatable bonds is 6. The van der Waals surface area contributed by atoms with Crippen molar-refractivity contribution < 1.29 is 13.5 Å². The van der Waals surface area contributed by atoms with Crippen molar-refractivity contribution in [3.63, 3.8) is 0 Å². The van der Waals surface area contributed by atoms with Gasteiger partial charge in [0.2, 0.25) is 10.0 Å². The Hall–Kier alpha value is -1.46. The van der Waals surface area contributed by atoms with Crippen LogP contribution in [-0.2, 0) is 10.0 Å². The highest BCUT2D eigenvalue weighted by Crippen LogP contribution is 2.08. The average Bonchev–Trinajstić information content (AvgIpc) is 2.39. The molecule has 0 unspecified atom stereocenters. The van der Waals surface area contributed by atoms with E-state index in [1.807, 2.05) is 19.0 Å². The molecular formula is C13H19N3O3S. The fraction of sp³-hybridized carbons (Fsp3) is 0.462. The number of aromatic nitrogens is 1. The molecular weight excluding hydrogens is 278 g/mol. The largest absolute Gasteiger partial charge is 0.395 e. The summed E-state index contributed by atoms with van der Waals surface area (Å²) in [6.45, 7) is 0.920. The molecule has 0 aliphatic carbocycles. The van der Waals surface area contributed by atoms with Gasteiger partial charge in [-0.15, -0.1) is 0 Å². The van der Waals surface area contributed by atoms with Crippen molar-refractivity contribution in [1.29, 1.82) is 0 Å². The lowest BCUT2D eigenvalue weighted by Gasteiger charge is -2.10. The number of pyridine rings is 1. The maximum absolute atomic E-state index is 12.0. The lowest BCUT2D eigenvalue weighted by atomic mass is 10.3. The molecule has 110 valence electrons. The Morgan fingerprint density at radius 2 is 2.15 bits per heavy atom. The van der Waals surface area contributed by atoms with Crippen molar-refractivity contribution in [3.8, 4) is 11.8 Å². The summed E-state index contributed by atoms with van der Waals surface area (Å²) in [4.78, 5) is 5.85. The van der Waals surface area contributed by atoms with Gasteiger partial charge < -0.3 is 10.0 Å². The first-order chi connectivity index (χ1) is 9.45. The number of nitrogens with one attached hydrogen (secondary N) is 1. The molecule has 0 saturated carbocycles. The third-order valence-corrected chi connectivity index (χ3v) is 3.77. The van der Waals surface area contributed by atoms with E-state index >= 15 is 0 Å². The van der Waals surface area contributed by atoms with Crippen LogP contribution >= 0.6 is 0 Å². The molecule has 1 heterocycles. The number of sulfonamides is 1. The van der Waals surface area contributed by atoms with Gasteiger partial charge in [0.05, 0.1) is 6.61 Å². The zero-order valence-corrected chi connectivity index (χ0v) is 12.4. The number of likely N-dealkylation sites (N-methyl/N-ethyl adjacent to an activating group) is 1. The number of hydrogen-bond donors (Lipinski definition) is 2. The monoisotopic (exact) mass is 297 g/mol. The first-order valence-electron chi connectivity index (χ1n) is 6.15. The van der Waals surface area contributed by atoms with E-state index in [0.29, 0.717) is 25.1 Å². The van der Waals surface area contributed by atoms with E-state index in [0.717, 1.165) is 0 Å². The summed E-state index contributed by atoms with van der Waals surface area (Å²) in [7, 11) is 0.171. The maximum Gasteiger partial charge on any atom is 0.242 e. The van der Waals surface area contributed by atoms with Crippen LogP contribution in [0, 0.1) is 11.8 Å². The number of nitrogens with zero attached hydrogens (tertiary/aromatic N) is 2. The van der Waals surface area contributed by atoms with E-state index in [-0.39, 0.29) is 11.5 Å². The van der Waals surface area contributed by atoms with Crippen molar-refractivity contribution in [2.24, 2.45) is 0 Å². The van der Waals surface area contributed by atoms with Gasteiger partial charge in [0, 0.05) is 37.5 Å². The minimum atomic E-state index is -3.57. The highest BCUT2D eigenvalue weighted by atomic mass is 32.2. The topological polar surface area (TPSA) is 82.5 Å². The molecule has 6 nitrogen and oxygen atoms in total. The van der Waals surface area contributed by atoms with Gasteiger partial charge in [0.25, 0.3) is 0 Å². The fourth-order valence-electron chi connectivity index (χ4n) is 1.34. The zero-order valence-electron chi connectivity index (χ0n) is 11.6. The Balaban J connectivity index is 2.80. The van der Waals surface area contributed by atoms with Gasteiger partial charge in [0.15, 0.2) is 0 Å². The second kappa shape index (κ2) is 7.97. The molecule has 0 aliphatic heterocycles. The number of hydrogen-bond acceptors (Lipinski definition) is 5. The van der Waals surface area contributed by atoms with Crippen LogP contribution in [0.25, 0.3) is 0 Å². The van der Waals surface area contributed by atoms with Gasteiger partial charge >= 0.3 is 0 Å². The van der Waals surface area contributed by atoms with Crippen molar-refractivity contribution in [3.05, 3.63) is 24.0 Å². The van der Waals surface area contributed by atoms with E-state index in [1.165, 1.54) is 18.5 Å². The van der Waals surface area contributed by atoms with E-state index in [1.54, 1.807) is 0 Å². The molecule has 1 rings (SSSR count). The smallest absolute Gasteiger partial charge is 0.242 e. The molecule has 0 spiro atoms. The highest BCUT2D eigenvalue weighted by Gasteiger charge is 2.14. The van der Waals surface area contributed by atoms with Crippen molar-refractivity contribution in [2.75, 3.05) is 33.8 Å². The lowest BCUT2D eigenvalue weighted by molar-refractivity contribution is 0.305. The Labute approximate surface area is 119 Å². The normalized spacial score (nSPS) is 11.2. The molecule has 20 heavy (non-hydrogen) atoms. The van der Waals surface area contributed by atoms with Crippen LogP contribution in [0.1, 0.15) is 12.0 Å². The van der Waals surface area contributed by atoms with Crippen molar-refractivity contribution >= 4 is 10.0 Å². The minimum absolute atomic E-state index is 0.0233. The summed E-state index contributed by atoms with van der Waals surface area (Å²) in [5.41, 5.74) is 0.508. The van der Waals surface area contributed by atoms with Crippen LogP contribution in [0.5, 0.6) is 0 Å². The second-order valence-electron chi connectivity index (χ2n) is 4.39. The van der Waals surface area contributed by atoms with Crippen LogP contribution in [0.15, 0.2) is 23.4 Å². The Bertz CT molecular complexity index is 588. The predicted octanol–water partition coefficient (Wildman–Crippen LogP) is -0.345. The summed E-state index contributed by atoms with van der Waals surface area (Å²) in [6.07, 6.45) is 3.12. The molecule has 0 amide bonds. The van der Waals surface area contributed by atoms with Crippen LogP contribution in [0.3, 0.4) is 0 Å². The summed E-state index contributed by atoms with van der Waals surface area (Å²) in [5, 5.41) is 8.64. The molecule has 2 N–H and O–H groups in total. The lowest BCUT2D eigenvalue weighted by Crippen LogP contribution is -2.31. The third-order valence-electron chi connectivity index (χ3n) is 2.34. The van der Waals surface area contributed by atoms with Gasteiger partial charge in [-0.25, -0.2) is 13.1 Å². The number of aliphatic hydroxyl groups excluding tert-OH is 1. The molecule has 0 atom stereocenters. The molecule has 0 aliphatic rings. The fourth-order valence-corrected chi connectivity index (χ4v) is 2.35. The third kappa shape index (κ3) is 5.67. The standard InChI is InChI=1S/C13H19N3O3S/c1-16(2)7-6-15-20(18,19)13-9-12(10-14-11-13)5-3-4-8-17/h9-11,15,17H,4,6-8H2,1-2H3. The molecule has 1 aromatic heterocycles. The van der Waals surface area contributed by atoms with E-state index in [2.05, 4.69) is 21.5 Å². The van der Waals surface area contributed by atoms with Crippen LogP contribution in [0.2, 0.25) is 0 Å². The Kier molecular flexibility index (Phi) is 6.61. The SMILES string of the molecule is CN(C)CCNS(=O)(=O)c1cncc(C#CCCO)c1. The average molecular weight is 297 g/mol. The van der Waals surface area contributed by atoms with Crippen LogP contribution < -0.4 is 4.72 Å². The zero-order chi connectivity index (χ0) is 15.0. The van der Waals surface area contributed by atoms with Crippen LogP contribution in [0.4, 0.5) is 0 Å². The quantitative estimate of drug-likeness (QED) is 0.702. The summed E-state index contributed by atoms with van der Waals surface area (Å²) in [6, 6.07) is 1.47. The molecule has 0 fully saturated rings. The predicted molar refractivity (Wildman–Crippen MR) is 76.6 cm³/mol. The second-order valence-corrected chi connectivity index (χ2v) is 6.15. The Morgan fingerprint density at radius 3 is 2.80 bits per heavy atom. The molecule has 7 heteroatoms. The molecule has 0 bridgehead atoms. The van der Waals surface area contributed by atoms with Gasteiger partial charge in [0.1, 0.15) is 4.90 Å². The minimum Gasteiger partial charge on any atom is -0.395 e. The van der Waals surface area contributed by atoms with Crippen molar-refractivity contribution in [1.82, 2.24) is 14.6 Å². The van der Waals surface area contributed by atoms with Gasteiger partial charge in [-0.3, -0.25) is 4.98 Å². The van der Waals surface area contributed by atoms with Gasteiger partial charge in [-0.2, -0.15) is 0 Å². The van der Waals surface area contributed by atoms with Gasteiger partial charge in [-0.05, 0) is 20.2 Å². The molecule has 0 saturated heterocycles. The van der Waals surface area contributed by atoms with E-state index < -0.39 is 10.0 Å². The van der Waals surface area contributed by atoms with Crippen LogP contribution in [-0.4, -0.2) is 57.2 Å².